The summed E-state index contributed by atoms with van der Waals surface area (Å²) in [5.41, 5.74) is 7.47. The van der Waals surface area contributed by atoms with Crippen LogP contribution in [0.25, 0.3) is 11.3 Å². The van der Waals surface area contributed by atoms with Crippen molar-refractivity contribution in [2.75, 3.05) is 5.73 Å². The minimum Gasteiger partial charge on any atom is -0.396 e. The summed E-state index contributed by atoms with van der Waals surface area (Å²) in [6.45, 7) is 2.13. The highest BCUT2D eigenvalue weighted by Gasteiger charge is 2.30. The number of rotatable bonds is 3. The van der Waals surface area contributed by atoms with E-state index in [1.54, 1.807) is 18.3 Å². The SMILES string of the molecule is CC(C1CC1)n1cc(N)c(-c2ccc(Br)cc2F)n1. The van der Waals surface area contributed by atoms with Gasteiger partial charge in [-0.15, -0.1) is 0 Å². The van der Waals surface area contributed by atoms with E-state index in [-0.39, 0.29) is 5.82 Å². The Morgan fingerprint density at radius 3 is 2.84 bits per heavy atom. The van der Waals surface area contributed by atoms with Gasteiger partial charge in [0.15, 0.2) is 0 Å². The molecule has 1 aliphatic carbocycles. The van der Waals surface area contributed by atoms with Crippen LogP contribution >= 0.6 is 15.9 Å². The van der Waals surface area contributed by atoms with Crippen LogP contribution in [-0.2, 0) is 0 Å². The predicted octanol–water partition coefficient (Wildman–Crippen LogP) is 4.00. The number of benzene rings is 1. The molecule has 1 aromatic carbocycles. The van der Waals surface area contributed by atoms with E-state index in [1.807, 2.05) is 4.68 Å². The Kier molecular flexibility index (Phi) is 3.09. The van der Waals surface area contributed by atoms with Gasteiger partial charge in [-0.1, -0.05) is 15.9 Å². The molecule has 0 amide bonds. The lowest BCUT2D eigenvalue weighted by molar-refractivity contribution is 0.441. The Labute approximate surface area is 119 Å². The van der Waals surface area contributed by atoms with Gasteiger partial charge in [0.05, 0.1) is 11.7 Å². The van der Waals surface area contributed by atoms with Crippen LogP contribution in [0.5, 0.6) is 0 Å². The molecule has 5 heteroatoms. The van der Waals surface area contributed by atoms with E-state index in [0.717, 1.165) is 0 Å². The molecule has 1 aliphatic rings. The van der Waals surface area contributed by atoms with Gasteiger partial charge in [-0.2, -0.15) is 5.10 Å². The van der Waals surface area contributed by atoms with Gasteiger partial charge >= 0.3 is 0 Å². The van der Waals surface area contributed by atoms with Crippen LogP contribution in [0.15, 0.2) is 28.9 Å². The monoisotopic (exact) mass is 323 g/mol. The van der Waals surface area contributed by atoms with E-state index in [2.05, 4.69) is 28.0 Å². The van der Waals surface area contributed by atoms with Crippen LogP contribution < -0.4 is 5.73 Å². The van der Waals surface area contributed by atoms with Crippen LogP contribution in [0.3, 0.4) is 0 Å². The molecule has 0 radical (unpaired) electrons. The van der Waals surface area contributed by atoms with Gasteiger partial charge in [0.2, 0.25) is 0 Å². The normalized spacial score (nSPS) is 16.6. The summed E-state index contributed by atoms with van der Waals surface area (Å²) in [6.07, 6.45) is 4.28. The maximum atomic E-state index is 14.0. The second-order valence-electron chi connectivity index (χ2n) is 5.12. The average molecular weight is 324 g/mol. The highest BCUT2D eigenvalue weighted by molar-refractivity contribution is 9.10. The number of aromatic nitrogens is 2. The standard InChI is InChI=1S/C14H15BrFN3/c1-8(9-2-3-9)19-7-13(17)14(18-19)11-5-4-10(15)6-12(11)16/h4-9H,2-3,17H2,1H3. The van der Waals surface area contributed by atoms with Gasteiger partial charge in [-0.05, 0) is 43.9 Å². The molecule has 1 unspecified atom stereocenters. The molecule has 1 aromatic heterocycles. The number of nitrogens with two attached hydrogens (primary N) is 1. The lowest BCUT2D eigenvalue weighted by atomic mass is 10.1. The van der Waals surface area contributed by atoms with E-state index >= 15 is 0 Å². The highest BCUT2D eigenvalue weighted by Crippen LogP contribution is 2.40. The summed E-state index contributed by atoms with van der Waals surface area (Å²) >= 11 is 3.25. The summed E-state index contributed by atoms with van der Waals surface area (Å²) in [4.78, 5) is 0. The maximum absolute atomic E-state index is 14.0. The van der Waals surface area contributed by atoms with Crippen molar-refractivity contribution in [1.82, 2.24) is 9.78 Å². The molecular weight excluding hydrogens is 309 g/mol. The fraction of sp³-hybridized carbons (Fsp3) is 0.357. The largest absolute Gasteiger partial charge is 0.396 e. The smallest absolute Gasteiger partial charge is 0.133 e. The van der Waals surface area contributed by atoms with Crippen LogP contribution in [0.4, 0.5) is 10.1 Å². The third-order valence-corrected chi connectivity index (χ3v) is 4.16. The Balaban J connectivity index is 2.00. The van der Waals surface area contributed by atoms with Crippen LogP contribution in [0, 0.1) is 11.7 Å². The summed E-state index contributed by atoms with van der Waals surface area (Å²) in [5.74, 6) is 0.368. The zero-order chi connectivity index (χ0) is 13.6. The van der Waals surface area contributed by atoms with Gasteiger partial charge in [-0.3, -0.25) is 4.68 Å². The first-order valence-electron chi connectivity index (χ1n) is 6.36. The molecule has 0 spiro atoms. The molecule has 2 N–H and O–H groups in total. The topological polar surface area (TPSA) is 43.8 Å². The van der Waals surface area contributed by atoms with E-state index in [1.165, 1.54) is 18.9 Å². The van der Waals surface area contributed by atoms with Gasteiger partial charge in [0.25, 0.3) is 0 Å². The number of hydrogen-bond acceptors (Lipinski definition) is 2. The summed E-state index contributed by atoms with van der Waals surface area (Å²) in [5, 5.41) is 4.47. The molecule has 0 aliphatic heterocycles. The van der Waals surface area contributed by atoms with Crippen LogP contribution in [0.1, 0.15) is 25.8 Å². The number of nitrogen functional groups attached to an aromatic ring is 1. The minimum atomic E-state index is -0.314. The Hall–Kier alpha value is -1.36. The molecule has 2 aromatic rings. The molecule has 100 valence electrons. The molecule has 1 fully saturated rings. The van der Waals surface area contributed by atoms with Crippen molar-refractivity contribution in [2.24, 2.45) is 5.92 Å². The van der Waals surface area contributed by atoms with Crippen molar-refractivity contribution in [3.63, 3.8) is 0 Å². The maximum Gasteiger partial charge on any atom is 0.133 e. The van der Waals surface area contributed by atoms with E-state index in [0.29, 0.717) is 33.4 Å². The molecule has 0 saturated heterocycles. The first-order valence-corrected chi connectivity index (χ1v) is 7.15. The van der Waals surface area contributed by atoms with Crippen molar-refractivity contribution >= 4 is 21.6 Å². The molecular formula is C14H15BrFN3. The highest BCUT2D eigenvalue weighted by atomic mass is 79.9. The average Bonchev–Trinajstić information content (AvgIpc) is 3.13. The molecule has 1 atom stereocenters. The first-order chi connectivity index (χ1) is 9.06. The third-order valence-electron chi connectivity index (χ3n) is 3.67. The fourth-order valence-electron chi connectivity index (χ4n) is 2.30. The van der Waals surface area contributed by atoms with E-state index < -0.39 is 0 Å². The first kappa shape index (κ1) is 12.7. The number of anilines is 1. The number of hydrogen-bond donors (Lipinski definition) is 1. The van der Waals surface area contributed by atoms with Crippen molar-refractivity contribution in [3.8, 4) is 11.3 Å². The van der Waals surface area contributed by atoms with Crippen molar-refractivity contribution in [2.45, 2.75) is 25.8 Å². The van der Waals surface area contributed by atoms with Gasteiger partial charge < -0.3 is 5.73 Å². The van der Waals surface area contributed by atoms with Crippen molar-refractivity contribution < 1.29 is 4.39 Å². The number of nitrogens with zero attached hydrogens (tertiary/aromatic N) is 2. The Bertz CT molecular complexity index is 619. The lowest BCUT2D eigenvalue weighted by Crippen LogP contribution is -2.07. The van der Waals surface area contributed by atoms with Crippen LogP contribution in [-0.4, -0.2) is 9.78 Å². The molecule has 0 bridgehead atoms. The Morgan fingerprint density at radius 2 is 2.21 bits per heavy atom. The second-order valence-corrected chi connectivity index (χ2v) is 6.03. The quantitative estimate of drug-likeness (QED) is 0.927. The lowest BCUT2D eigenvalue weighted by Gasteiger charge is -2.09. The fourth-order valence-corrected chi connectivity index (χ4v) is 2.63. The zero-order valence-electron chi connectivity index (χ0n) is 10.6. The third kappa shape index (κ3) is 2.39. The van der Waals surface area contributed by atoms with Gasteiger partial charge in [0, 0.05) is 16.2 Å². The Morgan fingerprint density at radius 1 is 1.47 bits per heavy atom. The second kappa shape index (κ2) is 4.63. The molecule has 1 heterocycles. The van der Waals surface area contributed by atoms with E-state index in [9.17, 15) is 4.39 Å². The van der Waals surface area contributed by atoms with Crippen molar-refractivity contribution in [1.29, 1.82) is 0 Å². The minimum absolute atomic E-state index is 0.314. The van der Waals surface area contributed by atoms with Gasteiger partial charge in [0.1, 0.15) is 11.5 Å². The number of halogens is 2. The molecule has 19 heavy (non-hydrogen) atoms. The predicted molar refractivity (Wildman–Crippen MR) is 77.2 cm³/mol. The molecule has 3 nitrogen and oxygen atoms in total. The van der Waals surface area contributed by atoms with E-state index in [4.69, 9.17) is 5.73 Å². The van der Waals surface area contributed by atoms with Crippen LogP contribution in [0.2, 0.25) is 0 Å². The zero-order valence-corrected chi connectivity index (χ0v) is 12.2. The summed E-state index contributed by atoms with van der Waals surface area (Å²) < 4.78 is 16.5. The molecule has 1 saturated carbocycles. The molecule has 3 rings (SSSR count). The van der Waals surface area contributed by atoms with Crippen molar-refractivity contribution in [3.05, 3.63) is 34.7 Å². The summed E-state index contributed by atoms with van der Waals surface area (Å²) in [6, 6.07) is 5.25. The van der Waals surface area contributed by atoms with Gasteiger partial charge in [-0.25, -0.2) is 4.39 Å². The summed E-state index contributed by atoms with van der Waals surface area (Å²) in [7, 11) is 0.